The molecule has 2 aromatic rings. The highest BCUT2D eigenvalue weighted by molar-refractivity contribution is 7.15. The molecule has 16 heavy (non-hydrogen) atoms. The van der Waals surface area contributed by atoms with E-state index in [2.05, 4.69) is 4.98 Å². The van der Waals surface area contributed by atoms with Gasteiger partial charge in [-0.05, 0) is 24.6 Å². The third-order valence-corrected chi connectivity index (χ3v) is 3.47. The van der Waals surface area contributed by atoms with Crippen molar-refractivity contribution in [2.45, 2.75) is 12.5 Å². The third kappa shape index (κ3) is 1.87. The molecule has 0 bridgehead atoms. The minimum Gasteiger partial charge on any atom is -0.508 e. The van der Waals surface area contributed by atoms with Crippen LogP contribution in [0, 0.1) is 0 Å². The molecule has 0 saturated heterocycles. The molecule has 0 aliphatic rings. The van der Waals surface area contributed by atoms with Crippen LogP contribution in [0.1, 0.15) is 17.4 Å². The van der Waals surface area contributed by atoms with Gasteiger partial charge in [-0.1, -0.05) is 23.5 Å². The number of anilines is 1. The second-order valence-electron chi connectivity index (χ2n) is 3.68. The van der Waals surface area contributed by atoms with Crippen LogP contribution in [0.15, 0.2) is 30.5 Å². The van der Waals surface area contributed by atoms with Crippen LogP contribution >= 0.6 is 11.3 Å². The van der Waals surface area contributed by atoms with E-state index in [1.54, 1.807) is 25.3 Å². The smallest absolute Gasteiger partial charge is 0.180 e. The number of benzene rings is 1. The Kier molecular flexibility index (Phi) is 2.57. The molecule has 1 aromatic carbocycles. The molecule has 0 aliphatic heterocycles. The van der Waals surface area contributed by atoms with Gasteiger partial charge in [0, 0.05) is 6.20 Å². The molecule has 1 heterocycles. The summed E-state index contributed by atoms with van der Waals surface area (Å²) in [5.74, 6) is 0.170. The van der Waals surface area contributed by atoms with Gasteiger partial charge in [0.1, 0.15) is 11.4 Å². The van der Waals surface area contributed by atoms with E-state index in [1.165, 1.54) is 23.5 Å². The number of aromatic hydroxyl groups is 1. The minimum absolute atomic E-state index is 0.170. The fourth-order valence-electron chi connectivity index (χ4n) is 1.44. The van der Waals surface area contributed by atoms with Crippen molar-refractivity contribution in [3.05, 3.63) is 40.9 Å². The third-order valence-electron chi connectivity index (χ3n) is 2.43. The first-order valence-corrected chi connectivity index (χ1v) is 5.55. The van der Waals surface area contributed by atoms with Crippen molar-refractivity contribution in [2.75, 3.05) is 5.73 Å². The Morgan fingerprint density at radius 2 is 1.94 bits per heavy atom. The first kappa shape index (κ1) is 10.9. The van der Waals surface area contributed by atoms with Gasteiger partial charge in [-0.15, -0.1) is 0 Å². The SMILES string of the molecule is CC(O)(c1ccc(O)cc1)c1cnc(N)s1. The minimum atomic E-state index is -1.14. The number of aromatic nitrogens is 1. The quantitative estimate of drug-likeness (QED) is 0.741. The number of nitrogens with two attached hydrogens (primary N) is 1. The molecular weight excluding hydrogens is 224 g/mol. The number of rotatable bonds is 2. The summed E-state index contributed by atoms with van der Waals surface area (Å²) in [7, 11) is 0. The molecule has 0 spiro atoms. The lowest BCUT2D eigenvalue weighted by atomic mass is 9.95. The molecule has 0 saturated carbocycles. The topological polar surface area (TPSA) is 79.4 Å². The second kappa shape index (κ2) is 3.77. The molecule has 0 fully saturated rings. The van der Waals surface area contributed by atoms with Crippen molar-refractivity contribution in [1.29, 1.82) is 0 Å². The number of aliphatic hydroxyl groups is 1. The molecule has 1 atom stereocenters. The molecule has 5 heteroatoms. The van der Waals surface area contributed by atoms with Gasteiger partial charge < -0.3 is 15.9 Å². The van der Waals surface area contributed by atoms with Crippen molar-refractivity contribution < 1.29 is 10.2 Å². The Labute approximate surface area is 97.0 Å². The molecule has 84 valence electrons. The van der Waals surface area contributed by atoms with Crippen molar-refractivity contribution >= 4 is 16.5 Å². The van der Waals surface area contributed by atoms with Gasteiger partial charge in [-0.25, -0.2) is 4.98 Å². The predicted molar refractivity (Wildman–Crippen MR) is 63.3 cm³/mol. The van der Waals surface area contributed by atoms with Crippen LogP contribution in [0.3, 0.4) is 0 Å². The zero-order chi connectivity index (χ0) is 11.8. The van der Waals surface area contributed by atoms with E-state index < -0.39 is 5.60 Å². The van der Waals surface area contributed by atoms with Gasteiger partial charge in [-0.2, -0.15) is 0 Å². The average Bonchev–Trinajstić information content (AvgIpc) is 2.66. The fraction of sp³-hybridized carbons (Fsp3) is 0.182. The van der Waals surface area contributed by atoms with E-state index in [0.717, 1.165) is 0 Å². The Balaban J connectivity index is 2.42. The Hall–Kier alpha value is -1.59. The zero-order valence-corrected chi connectivity index (χ0v) is 9.53. The van der Waals surface area contributed by atoms with E-state index in [0.29, 0.717) is 15.6 Å². The fourth-order valence-corrected chi connectivity index (χ4v) is 2.19. The highest BCUT2D eigenvalue weighted by Gasteiger charge is 2.27. The summed E-state index contributed by atoms with van der Waals surface area (Å²) in [6.45, 7) is 1.67. The highest BCUT2D eigenvalue weighted by Crippen LogP contribution is 2.34. The van der Waals surface area contributed by atoms with Gasteiger partial charge >= 0.3 is 0 Å². The maximum atomic E-state index is 10.4. The van der Waals surface area contributed by atoms with E-state index >= 15 is 0 Å². The summed E-state index contributed by atoms with van der Waals surface area (Å²) in [6, 6.07) is 6.42. The number of hydrogen-bond acceptors (Lipinski definition) is 5. The largest absolute Gasteiger partial charge is 0.508 e. The van der Waals surface area contributed by atoms with Gasteiger partial charge in [-0.3, -0.25) is 0 Å². The molecule has 1 unspecified atom stereocenters. The molecule has 4 N–H and O–H groups in total. The summed E-state index contributed by atoms with van der Waals surface area (Å²) in [6.07, 6.45) is 1.56. The van der Waals surface area contributed by atoms with Crippen LogP contribution in [0.25, 0.3) is 0 Å². The van der Waals surface area contributed by atoms with Crippen molar-refractivity contribution in [1.82, 2.24) is 4.98 Å². The van der Waals surface area contributed by atoms with Crippen LogP contribution < -0.4 is 5.73 Å². The summed E-state index contributed by atoms with van der Waals surface area (Å²) < 4.78 is 0. The maximum Gasteiger partial charge on any atom is 0.180 e. The van der Waals surface area contributed by atoms with Crippen LogP contribution in [-0.4, -0.2) is 15.2 Å². The number of thiazole rings is 1. The maximum absolute atomic E-state index is 10.4. The number of nitrogens with zero attached hydrogens (tertiary/aromatic N) is 1. The standard InChI is InChI=1S/C11H12N2O2S/c1-11(15,9-6-13-10(12)16-9)7-2-4-8(14)5-3-7/h2-6,14-15H,1H3,(H2,12,13). The lowest BCUT2D eigenvalue weighted by Gasteiger charge is -2.21. The van der Waals surface area contributed by atoms with E-state index in [-0.39, 0.29) is 5.75 Å². The average molecular weight is 236 g/mol. The lowest BCUT2D eigenvalue weighted by molar-refractivity contribution is 0.106. The van der Waals surface area contributed by atoms with E-state index in [4.69, 9.17) is 5.73 Å². The summed E-state index contributed by atoms with van der Waals surface area (Å²) in [5, 5.41) is 20.0. The van der Waals surface area contributed by atoms with E-state index in [1.807, 2.05) is 0 Å². The first-order valence-electron chi connectivity index (χ1n) is 4.74. The monoisotopic (exact) mass is 236 g/mol. The molecule has 0 amide bonds. The van der Waals surface area contributed by atoms with Crippen LogP contribution in [-0.2, 0) is 5.60 Å². The van der Waals surface area contributed by atoms with Crippen molar-refractivity contribution in [3.63, 3.8) is 0 Å². The van der Waals surface area contributed by atoms with E-state index in [9.17, 15) is 10.2 Å². The first-order chi connectivity index (χ1) is 7.50. The number of phenols is 1. The number of phenolic OH excluding ortho intramolecular Hbond substituents is 1. The van der Waals surface area contributed by atoms with Crippen LogP contribution in [0.2, 0.25) is 0 Å². The second-order valence-corrected chi connectivity index (χ2v) is 4.74. The molecule has 4 nitrogen and oxygen atoms in total. The van der Waals surface area contributed by atoms with Crippen molar-refractivity contribution in [3.8, 4) is 5.75 Å². The number of hydrogen-bond donors (Lipinski definition) is 3. The lowest BCUT2D eigenvalue weighted by Crippen LogP contribution is -2.21. The molecule has 0 aliphatic carbocycles. The highest BCUT2D eigenvalue weighted by atomic mass is 32.1. The molecular formula is C11H12N2O2S. The van der Waals surface area contributed by atoms with Crippen LogP contribution in [0.4, 0.5) is 5.13 Å². The predicted octanol–water partition coefficient (Wildman–Crippen LogP) is 1.69. The Bertz CT molecular complexity index is 491. The normalized spacial score (nSPS) is 14.6. The van der Waals surface area contributed by atoms with Gasteiger partial charge in [0.15, 0.2) is 5.13 Å². The van der Waals surface area contributed by atoms with Crippen molar-refractivity contribution in [2.24, 2.45) is 0 Å². The molecule has 2 rings (SSSR count). The number of nitrogen functional groups attached to an aromatic ring is 1. The Morgan fingerprint density at radius 3 is 2.44 bits per heavy atom. The summed E-state index contributed by atoms with van der Waals surface area (Å²) in [4.78, 5) is 4.59. The summed E-state index contributed by atoms with van der Waals surface area (Å²) in [5.41, 5.74) is 5.09. The zero-order valence-electron chi connectivity index (χ0n) is 8.71. The van der Waals surface area contributed by atoms with Gasteiger partial charge in [0.25, 0.3) is 0 Å². The molecule has 1 aromatic heterocycles. The Morgan fingerprint density at radius 1 is 1.31 bits per heavy atom. The summed E-state index contributed by atoms with van der Waals surface area (Å²) >= 11 is 1.25. The van der Waals surface area contributed by atoms with Crippen LogP contribution in [0.5, 0.6) is 5.75 Å². The van der Waals surface area contributed by atoms with Gasteiger partial charge in [0.2, 0.25) is 0 Å². The van der Waals surface area contributed by atoms with Gasteiger partial charge in [0.05, 0.1) is 4.88 Å². The molecule has 0 radical (unpaired) electrons.